The molecule has 1 atom stereocenters. The molecule has 1 amide bonds. The number of hydrogen-bond donors (Lipinski definition) is 2. The smallest absolute Gasteiger partial charge is 0.268 e. The second-order valence-electron chi connectivity index (χ2n) is 4.49. The van der Waals surface area contributed by atoms with Gasteiger partial charge in [-0.1, -0.05) is 13.8 Å². The summed E-state index contributed by atoms with van der Waals surface area (Å²) in [6.07, 6.45) is 2.61. The fraction of sp³-hybridized carbons (Fsp3) is 0.583. The number of amides is 1. The van der Waals surface area contributed by atoms with Crippen LogP contribution in [0.15, 0.2) is 18.3 Å². The van der Waals surface area contributed by atoms with Crippen LogP contribution < -0.4 is 5.32 Å². The molecule has 1 aromatic heterocycles. The first kappa shape index (κ1) is 12.8. The van der Waals surface area contributed by atoms with Crippen LogP contribution in [0, 0.1) is 5.92 Å². The average Bonchev–Trinajstić information content (AvgIpc) is 2.62. The lowest BCUT2D eigenvalue weighted by Crippen LogP contribution is -2.39. The van der Waals surface area contributed by atoms with Crippen LogP contribution in [0.1, 0.15) is 30.8 Å². The molecule has 0 radical (unpaired) electrons. The second-order valence-corrected chi connectivity index (χ2v) is 4.49. The maximum Gasteiger partial charge on any atom is 0.268 e. The number of aryl methyl sites for hydroxylation is 1. The van der Waals surface area contributed by atoms with E-state index < -0.39 is 0 Å². The summed E-state index contributed by atoms with van der Waals surface area (Å²) in [6.45, 7) is 4.11. The molecule has 0 aliphatic carbocycles. The number of aliphatic hydroxyl groups excluding tert-OH is 1. The lowest BCUT2D eigenvalue weighted by atomic mass is 10.0. The topological polar surface area (TPSA) is 54.3 Å². The molecule has 0 saturated heterocycles. The summed E-state index contributed by atoms with van der Waals surface area (Å²) in [5.74, 6) is 0.318. The third-order valence-electron chi connectivity index (χ3n) is 2.49. The first-order chi connectivity index (χ1) is 7.54. The SMILES string of the molecule is CC(C)C[C@@H](CO)NC(=O)c1cccn1C. The molecule has 0 fully saturated rings. The van der Waals surface area contributed by atoms with E-state index in [9.17, 15) is 4.79 Å². The van der Waals surface area contributed by atoms with Gasteiger partial charge in [-0.25, -0.2) is 0 Å². The van der Waals surface area contributed by atoms with Gasteiger partial charge in [0.1, 0.15) is 5.69 Å². The largest absolute Gasteiger partial charge is 0.394 e. The van der Waals surface area contributed by atoms with Gasteiger partial charge in [0, 0.05) is 13.2 Å². The van der Waals surface area contributed by atoms with E-state index in [1.54, 1.807) is 10.6 Å². The van der Waals surface area contributed by atoms with Gasteiger partial charge >= 0.3 is 0 Å². The van der Waals surface area contributed by atoms with Gasteiger partial charge in [0.05, 0.1) is 12.6 Å². The fourth-order valence-corrected chi connectivity index (χ4v) is 1.70. The zero-order valence-electron chi connectivity index (χ0n) is 10.1. The zero-order chi connectivity index (χ0) is 12.1. The predicted octanol–water partition coefficient (Wildman–Crippen LogP) is 1.16. The first-order valence-electron chi connectivity index (χ1n) is 5.57. The Balaban J connectivity index is 2.59. The molecule has 2 N–H and O–H groups in total. The Morgan fingerprint density at radius 3 is 2.69 bits per heavy atom. The maximum absolute atomic E-state index is 11.8. The molecule has 1 rings (SSSR count). The third-order valence-corrected chi connectivity index (χ3v) is 2.49. The van der Waals surface area contributed by atoms with E-state index in [1.165, 1.54) is 0 Å². The number of carbonyl (C=O) groups excluding carboxylic acids is 1. The number of nitrogens with one attached hydrogen (secondary N) is 1. The molecule has 0 spiro atoms. The minimum absolute atomic E-state index is 0.0195. The first-order valence-corrected chi connectivity index (χ1v) is 5.57. The van der Waals surface area contributed by atoms with Gasteiger partial charge in [-0.2, -0.15) is 0 Å². The monoisotopic (exact) mass is 224 g/mol. The average molecular weight is 224 g/mol. The molecular formula is C12H20N2O2. The van der Waals surface area contributed by atoms with Gasteiger partial charge in [0.2, 0.25) is 0 Å². The third kappa shape index (κ3) is 3.38. The summed E-state index contributed by atoms with van der Waals surface area (Å²) < 4.78 is 1.76. The molecule has 0 aromatic carbocycles. The molecule has 90 valence electrons. The highest BCUT2D eigenvalue weighted by atomic mass is 16.3. The molecule has 0 unspecified atom stereocenters. The van der Waals surface area contributed by atoms with Crippen molar-refractivity contribution in [1.29, 1.82) is 0 Å². The van der Waals surface area contributed by atoms with Gasteiger partial charge in [-0.15, -0.1) is 0 Å². The van der Waals surface area contributed by atoms with Crippen LogP contribution in [0.2, 0.25) is 0 Å². The minimum Gasteiger partial charge on any atom is -0.394 e. The van der Waals surface area contributed by atoms with E-state index >= 15 is 0 Å². The van der Waals surface area contributed by atoms with Crippen LogP contribution in [0.3, 0.4) is 0 Å². The fourth-order valence-electron chi connectivity index (χ4n) is 1.70. The highest BCUT2D eigenvalue weighted by molar-refractivity contribution is 5.92. The Kier molecular flexibility index (Phi) is 4.55. The van der Waals surface area contributed by atoms with Crippen molar-refractivity contribution < 1.29 is 9.90 Å². The van der Waals surface area contributed by atoms with E-state index in [1.807, 2.05) is 19.3 Å². The van der Waals surface area contributed by atoms with E-state index in [-0.39, 0.29) is 18.6 Å². The van der Waals surface area contributed by atoms with Crippen LogP contribution in [0.5, 0.6) is 0 Å². The number of nitrogens with zero attached hydrogens (tertiary/aromatic N) is 1. The van der Waals surface area contributed by atoms with Crippen LogP contribution in [0.4, 0.5) is 0 Å². The van der Waals surface area contributed by atoms with Crippen molar-refractivity contribution >= 4 is 5.91 Å². The van der Waals surface area contributed by atoms with Crippen molar-refractivity contribution in [3.63, 3.8) is 0 Å². The van der Waals surface area contributed by atoms with E-state index in [0.29, 0.717) is 11.6 Å². The number of aliphatic hydroxyl groups is 1. The highest BCUT2D eigenvalue weighted by Gasteiger charge is 2.15. The second kappa shape index (κ2) is 5.70. The lowest BCUT2D eigenvalue weighted by molar-refractivity contribution is 0.0900. The quantitative estimate of drug-likeness (QED) is 0.788. The molecule has 16 heavy (non-hydrogen) atoms. The normalized spacial score (nSPS) is 12.8. The predicted molar refractivity (Wildman–Crippen MR) is 63.2 cm³/mol. The molecule has 0 saturated carbocycles. The van der Waals surface area contributed by atoms with Crippen molar-refractivity contribution in [2.24, 2.45) is 13.0 Å². The lowest BCUT2D eigenvalue weighted by Gasteiger charge is -2.18. The Labute approximate surface area is 96.3 Å². The Hall–Kier alpha value is -1.29. The van der Waals surface area contributed by atoms with Crippen LogP contribution in [-0.4, -0.2) is 28.2 Å². The van der Waals surface area contributed by atoms with Gasteiger partial charge in [-0.05, 0) is 24.5 Å². The van der Waals surface area contributed by atoms with Crippen molar-refractivity contribution in [2.45, 2.75) is 26.3 Å². The van der Waals surface area contributed by atoms with E-state index in [2.05, 4.69) is 19.2 Å². The van der Waals surface area contributed by atoms with Crippen molar-refractivity contribution in [3.8, 4) is 0 Å². The Morgan fingerprint density at radius 1 is 1.56 bits per heavy atom. The summed E-state index contributed by atoms with van der Waals surface area (Å²) in [5.41, 5.74) is 0.613. The Bertz CT molecular complexity index is 345. The summed E-state index contributed by atoms with van der Waals surface area (Å²) in [5, 5.41) is 12.0. The van der Waals surface area contributed by atoms with Gasteiger partial charge in [-0.3, -0.25) is 4.79 Å². The summed E-state index contributed by atoms with van der Waals surface area (Å²) in [4.78, 5) is 11.8. The Morgan fingerprint density at radius 2 is 2.25 bits per heavy atom. The molecule has 4 heteroatoms. The highest BCUT2D eigenvalue weighted by Crippen LogP contribution is 2.06. The molecular weight excluding hydrogens is 204 g/mol. The van der Waals surface area contributed by atoms with E-state index in [4.69, 9.17) is 5.11 Å². The molecule has 1 heterocycles. The van der Waals surface area contributed by atoms with E-state index in [0.717, 1.165) is 6.42 Å². The van der Waals surface area contributed by atoms with Crippen LogP contribution in [0.25, 0.3) is 0 Å². The van der Waals surface area contributed by atoms with Crippen molar-refractivity contribution in [1.82, 2.24) is 9.88 Å². The van der Waals surface area contributed by atoms with Crippen molar-refractivity contribution in [3.05, 3.63) is 24.0 Å². The number of carbonyl (C=O) groups is 1. The number of rotatable bonds is 5. The number of aromatic nitrogens is 1. The molecule has 0 aliphatic rings. The van der Waals surface area contributed by atoms with Crippen LogP contribution >= 0.6 is 0 Å². The summed E-state index contributed by atoms with van der Waals surface area (Å²) >= 11 is 0. The minimum atomic E-state index is -0.164. The molecule has 4 nitrogen and oxygen atoms in total. The standard InChI is InChI=1S/C12H20N2O2/c1-9(2)7-10(8-15)13-12(16)11-5-4-6-14(11)3/h4-6,9-10,15H,7-8H2,1-3H3,(H,13,16)/t10-/m0/s1. The van der Waals surface area contributed by atoms with Gasteiger partial charge in [0.15, 0.2) is 0 Å². The maximum atomic E-state index is 11.8. The van der Waals surface area contributed by atoms with Gasteiger partial charge in [0.25, 0.3) is 5.91 Å². The summed E-state index contributed by atoms with van der Waals surface area (Å²) in [7, 11) is 1.82. The number of hydrogen-bond acceptors (Lipinski definition) is 2. The molecule has 0 aliphatic heterocycles. The van der Waals surface area contributed by atoms with Gasteiger partial charge < -0.3 is 15.0 Å². The molecule has 0 bridgehead atoms. The summed E-state index contributed by atoms with van der Waals surface area (Å²) in [6, 6.07) is 3.42. The molecule has 1 aromatic rings. The van der Waals surface area contributed by atoms with Crippen LogP contribution in [-0.2, 0) is 7.05 Å². The zero-order valence-corrected chi connectivity index (χ0v) is 10.1. The van der Waals surface area contributed by atoms with Crippen molar-refractivity contribution in [2.75, 3.05) is 6.61 Å².